The molecule has 1 atom stereocenters. The molecule has 2 N–H and O–H groups in total. The molecular weight excluding hydrogens is 532 g/mol. The van der Waals surface area contributed by atoms with Crippen LogP contribution in [0.15, 0.2) is 63.6 Å². The fourth-order valence-corrected chi connectivity index (χ4v) is 4.85. The average molecular weight is 572 g/mol. The number of fused-ring (bicyclic) bond motifs is 1. The molecule has 10 nitrogen and oxygen atoms in total. The number of carbonyl (C=O) groups is 1. The summed E-state index contributed by atoms with van der Waals surface area (Å²) >= 11 is 0. The molecule has 0 bridgehead atoms. The summed E-state index contributed by atoms with van der Waals surface area (Å²) in [6.45, 7) is 10.1. The normalized spacial score (nSPS) is 18.4. The second-order valence-corrected chi connectivity index (χ2v) is 11.6. The van der Waals surface area contributed by atoms with E-state index >= 15 is 0 Å². The summed E-state index contributed by atoms with van der Waals surface area (Å²) in [5.74, 6) is 8.73. The first-order valence-electron chi connectivity index (χ1n) is 14.5. The first-order valence-corrected chi connectivity index (χ1v) is 14.5. The Morgan fingerprint density at radius 3 is 2.62 bits per heavy atom. The molecule has 3 aliphatic rings. The summed E-state index contributed by atoms with van der Waals surface area (Å²) in [5.41, 5.74) is 1.90. The Balaban J connectivity index is 1.13. The van der Waals surface area contributed by atoms with Crippen LogP contribution < -0.4 is 10.6 Å². The number of rotatable bonds is 8. The number of nitrogens with zero attached hydrogens (tertiary/aromatic N) is 4. The van der Waals surface area contributed by atoms with Crippen LogP contribution in [0.4, 0.5) is 16.3 Å². The van der Waals surface area contributed by atoms with Crippen molar-refractivity contribution < 1.29 is 23.4 Å². The Kier molecular flexibility index (Phi) is 9.08. The van der Waals surface area contributed by atoms with Gasteiger partial charge < -0.3 is 24.2 Å². The summed E-state index contributed by atoms with van der Waals surface area (Å²) in [6, 6.07) is 8.59. The minimum absolute atomic E-state index is 0.193. The number of ether oxygens (including phenoxy) is 2. The van der Waals surface area contributed by atoms with E-state index in [2.05, 4.69) is 32.5 Å². The largest absolute Gasteiger partial charge is 0.493 e. The molecule has 1 unspecified atom stereocenters. The highest BCUT2D eigenvalue weighted by Gasteiger charge is 2.32. The molecule has 5 rings (SSSR count). The van der Waals surface area contributed by atoms with Gasteiger partial charge in [-0.1, -0.05) is 38.3 Å². The van der Waals surface area contributed by atoms with E-state index in [9.17, 15) is 4.79 Å². The number of hydrogen-bond donors (Lipinski definition) is 2. The zero-order chi connectivity index (χ0) is 29.5. The summed E-state index contributed by atoms with van der Waals surface area (Å²) in [7, 11) is 1.65. The third-order valence-electron chi connectivity index (χ3n) is 7.17. The van der Waals surface area contributed by atoms with Gasteiger partial charge in [-0.05, 0) is 62.5 Å². The van der Waals surface area contributed by atoms with Gasteiger partial charge in [-0.2, -0.15) is 9.57 Å². The van der Waals surface area contributed by atoms with Crippen molar-refractivity contribution >= 4 is 29.5 Å². The van der Waals surface area contributed by atoms with Gasteiger partial charge >= 0.3 is 6.03 Å². The van der Waals surface area contributed by atoms with Gasteiger partial charge in [0.15, 0.2) is 17.3 Å². The Labute approximate surface area is 247 Å². The quantitative estimate of drug-likeness (QED) is 0.259. The van der Waals surface area contributed by atoms with E-state index in [0.717, 1.165) is 18.5 Å². The van der Waals surface area contributed by atoms with Gasteiger partial charge in [0.05, 0.1) is 19.8 Å². The van der Waals surface area contributed by atoms with Crippen molar-refractivity contribution in [2.45, 2.75) is 58.0 Å². The molecule has 4 heterocycles. The first kappa shape index (κ1) is 29.1. The maximum Gasteiger partial charge on any atom is 0.324 e. The molecule has 220 valence electrons. The van der Waals surface area contributed by atoms with E-state index in [-0.39, 0.29) is 11.6 Å². The molecular formula is C32H39N6O4+. The van der Waals surface area contributed by atoms with Crippen LogP contribution in [-0.4, -0.2) is 72.1 Å². The number of likely N-dealkylation sites (tertiary alicyclic amines) is 1. The molecule has 0 aliphatic carbocycles. The number of carbonyl (C=O) groups excluding carboxylic acids is 1. The Morgan fingerprint density at radius 1 is 1.12 bits per heavy atom. The average Bonchev–Trinajstić information content (AvgIpc) is 3.61. The van der Waals surface area contributed by atoms with E-state index in [1.165, 1.54) is 32.4 Å². The molecule has 1 aromatic carbocycles. The van der Waals surface area contributed by atoms with Crippen molar-refractivity contribution in [3.05, 3.63) is 65.4 Å². The van der Waals surface area contributed by atoms with Gasteiger partial charge in [-0.15, -0.1) is 0 Å². The lowest BCUT2D eigenvalue weighted by molar-refractivity contribution is -0.479. The van der Waals surface area contributed by atoms with Gasteiger partial charge in [0.1, 0.15) is 5.76 Å². The molecule has 1 aromatic heterocycles. The van der Waals surface area contributed by atoms with E-state index in [4.69, 9.17) is 19.0 Å². The number of piperidine rings is 1. The van der Waals surface area contributed by atoms with Gasteiger partial charge in [-0.3, -0.25) is 5.32 Å². The first-order chi connectivity index (χ1) is 20.3. The van der Waals surface area contributed by atoms with Crippen LogP contribution in [0.2, 0.25) is 0 Å². The predicted octanol–water partition coefficient (Wildman–Crippen LogP) is 5.11. The molecule has 10 heteroatoms. The molecule has 0 spiro atoms. The molecule has 2 aromatic rings. The van der Waals surface area contributed by atoms with Crippen molar-refractivity contribution in [2.75, 3.05) is 44.0 Å². The van der Waals surface area contributed by atoms with Gasteiger partial charge in [0.25, 0.3) is 6.17 Å². The summed E-state index contributed by atoms with van der Waals surface area (Å²) < 4.78 is 19.0. The van der Waals surface area contributed by atoms with E-state index in [0.29, 0.717) is 41.1 Å². The number of aromatic nitrogens is 1. The topological polar surface area (TPSA) is 104 Å². The molecule has 0 saturated carbocycles. The zero-order valence-corrected chi connectivity index (χ0v) is 24.8. The molecule has 1 saturated heterocycles. The number of anilines is 2. The Bertz CT molecular complexity index is 1460. The molecule has 1 fully saturated rings. The smallest absolute Gasteiger partial charge is 0.324 e. The maximum atomic E-state index is 12.4. The predicted molar refractivity (Wildman–Crippen MR) is 163 cm³/mol. The number of hydrogen-bond acceptors (Lipinski definition) is 7. The maximum absolute atomic E-state index is 12.4. The standard InChI is InChI=1S/C32H38N6O4/c1-32(2,3)28-20-29(36-42-28)35-31(39)34-24-12-9-23(10-13-24)11-14-25-21-38-22-27(26(40-4)19-30(38)33-25)41-18-8-17-37-15-6-5-7-16-37/h9-10,12-13,19-22,30H,5-8,15-18H2,1-4H3,(H-,33,34,35,36,39)/p+1. The third-order valence-corrected chi connectivity index (χ3v) is 7.17. The Hall–Kier alpha value is -4.36. The van der Waals surface area contributed by atoms with Crippen LogP contribution in [0.5, 0.6) is 0 Å². The van der Waals surface area contributed by atoms with Crippen molar-refractivity contribution in [3.8, 4) is 11.8 Å². The van der Waals surface area contributed by atoms with E-state index in [1.807, 2.05) is 56.0 Å². The summed E-state index contributed by atoms with van der Waals surface area (Å²) in [6.07, 6.45) is 10.5. The number of nitrogens with one attached hydrogen (secondary N) is 2. The highest BCUT2D eigenvalue weighted by molar-refractivity contribution is 6.38. The number of urea groups is 1. The summed E-state index contributed by atoms with van der Waals surface area (Å²) in [4.78, 5) is 19.6. The van der Waals surface area contributed by atoms with Gasteiger partial charge in [0.2, 0.25) is 18.2 Å². The van der Waals surface area contributed by atoms with Crippen LogP contribution in [-0.2, 0) is 14.9 Å². The van der Waals surface area contributed by atoms with Crippen LogP contribution in [0.25, 0.3) is 0 Å². The fraction of sp³-hybridized carbons (Fsp3) is 0.438. The SMILES string of the molecule is COC1=CC2N=C(C#Cc3ccc(NC(=O)Nc4cc(C(C)(C)C)on4)cc3)C=[N+]2C=C1OCCCN1CCCCC1. The lowest BCUT2D eigenvalue weighted by atomic mass is 9.93. The van der Waals surface area contributed by atoms with Crippen molar-refractivity contribution in [2.24, 2.45) is 4.99 Å². The second-order valence-electron chi connectivity index (χ2n) is 11.6. The number of benzene rings is 1. The van der Waals surface area contributed by atoms with Crippen molar-refractivity contribution in [3.63, 3.8) is 0 Å². The third kappa shape index (κ3) is 7.68. The lowest BCUT2D eigenvalue weighted by Gasteiger charge is -2.26. The molecule has 3 aliphatic heterocycles. The fourth-order valence-electron chi connectivity index (χ4n) is 4.85. The lowest BCUT2D eigenvalue weighted by Crippen LogP contribution is -2.31. The van der Waals surface area contributed by atoms with Gasteiger partial charge in [-0.25, -0.2) is 4.79 Å². The van der Waals surface area contributed by atoms with Crippen molar-refractivity contribution in [1.82, 2.24) is 10.1 Å². The molecule has 42 heavy (non-hydrogen) atoms. The van der Waals surface area contributed by atoms with Crippen LogP contribution in [0.1, 0.15) is 57.8 Å². The van der Waals surface area contributed by atoms with Crippen LogP contribution >= 0.6 is 0 Å². The summed E-state index contributed by atoms with van der Waals surface area (Å²) in [5, 5.41) is 9.38. The molecule has 2 amide bonds. The van der Waals surface area contributed by atoms with Gasteiger partial charge in [0, 0.05) is 29.3 Å². The van der Waals surface area contributed by atoms with Crippen LogP contribution in [0, 0.1) is 11.8 Å². The second kappa shape index (κ2) is 13.1. The highest BCUT2D eigenvalue weighted by atomic mass is 16.5. The number of amides is 2. The Morgan fingerprint density at radius 2 is 1.90 bits per heavy atom. The zero-order valence-electron chi connectivity index (χ0n) is 24.8. The highest BCUT2D eigenvalue weighted by Crippen LogP contribution is 2.25. The van der Waals surface area contributed by atoms with Crippen molar-refractivity contribution in [1.29, 1.82) is 0 Å². The minimum atomic E-state index is -0.406. The monoisotopic (exact) mass is 571 g/mol. The number of aliphatic imine (C=N–C) groups is 1. The number of methoxy groups -OCH3 is 1. The van der Waals surface area contributed by atoms with E-state index in [1.54, 1.807) is 25.3 Å². The van der Waals surface area contributed by atoms with E-state index < -0.39 is 6.03 Å². The molecule has 0 radical (unpaired) electrons. The van der Waals surface area contributed by atoms with Crippen LogP contribution in [0.3, 0.4) is 0 Å². The minimum Gasteiger partial charge on any atom is -0.493 e.